The van der Waals surface area contributed by atoms with E-state index >= 15 is 0 Å². The Kier molecular flexibility index (Phi) is 6.67. The first-order chi connectivity index (χ1) is 9.08. The van der Waals surface area contributed by atoms with Crippen molar-refractivity contribution in [2.45, 2.75) is 58.4 Å². The summed E-state index contributed by atoms with van der Waals surface area (Å²) in [7, 11) is 0. The third-order valence-electron chi connectivity index (χ3n) is 3.77. The SMILES string of the molecule is CCCC1CCN(C(=O)N[C@@H](CCC)C(=O)O)CC1. The van der Waals surface area contributed by atoms with Gasteiger partial charge in [0.1, 0.15) is 6.04 Å². The molecule has 1 saturated heterocycles. The minimum atomic E-state index is -0.948. The minimum absolute atomic E-state index is 0.226. The van der Waals surface area contributed by atoms with E-state index in [2.05, 4.69) is 12.2 Å². The molecular weight excluding hydrogens is 244 g/mol. The Hall–Kier alpha value is -1.26. The lowest BCUT2D eigenvalue weighted by molar-refractivity contribution is -0.139. The average molecular weight is 270 g/mol. The van der Waals surface area contributed by atoms with E-state index in [9.17, 15) is 9.59 Å². The topological polar surface area (TPSA) is 69.6 Å². The van der Waals surface area contributed by atoms with Gasteiger partial charge in [-0.25, -0.2) is 9.59 Å². The largest absolute Gasteiger partial charge is 0.480 e. The maximum atomic E-state index is 12.0. The number of amides is 2. The van der Waals surface area contributed by atoms with Crippen molar-refractivity contribution in [3.63, 3.8) is 0 Å². The molecule has 0 unspecified atom stereocenters. The fraction of sp³-hybridized carbons (Fsp3) is 0.857. The number of nitrogens with zero attached hydrogens (tertiary/aromatic N) is 1. The van der Waals surface area contributed by atoms with Gasteiger partial charge in [-0.3, -0.25) is 0 Å². The van der Waals surface area contributed by atoms with Crippen LogP contribution in [0.5, 0.6) is 0 Å². The van der Waals surface area contributed by atoms with Gasteiger partial charge in [-0.2, -0.15) is 0 Å². The lowest BCUT2D eigenvalue weighted by Crippen LogP contribution is -2.50. The Morgan fingerprint density at radius 1 is 1.26 bits per heavy atom. The van der Waals surface area contributed by atoms with Gasteiger partial charge < -0.3 is 15.3 Å². The third kappa shape index (κ3) is 5.09. The van der Waals surface area contributed by atoms with Crippen LogP contribution in [0.3, 0.4) is 0 Å². The lowest BCUT2D eigenvalue weighted by atomic mass is 9.93. The van der Waals surface area contributed by atoms with Crippen molar-refractivity contribution in [3.05, 3.63) is 0 Å². The van der Waals surface area contributed by atoms with Crippen molar-refractivity contribution < 1.29 is 14.7 Å². The Morgan fingerprint density at radius 3 is 2.37 bits per heavy atom. The van der Waals surface area contributed by atoms with Gasteiger partial charge in [0.05, 0.1) is 0 Å². The molecule has 0 aliphatic carbocycles. The molecule has 1 aliphatic rings. The number of carbonyl (C=O) groups excluding carboxylic acids is 1. The van der Waals surface area contributed by atoms with Crippen LogP contribution in [0.15, 0.2) is 0 Å². The van der Waals surface area contributed by atoms with Crippen LogP contribution >= 0.6 is 0 Å². The van der Waals surface area contributed by atoms with E-state index in [1.54, 1.807) is 4.90 Å². The number of nitrogens with one attached hydrogen (secondary N) is 1. The summed E-state index contributed by atoms with van der Waals surface area (Å²) in [6.45, 7) is 5.59. The molecule has 0 aromatic carbocycles. The van der Waals surface area contributed by atoms with Crippen LogP contribution in [0.4, 0.5) is 4.79 Å². The zero-order valence-corrected chi connectivity index (χ0v) is 12.0. The number of urea groups is 1. The summed E-state index contributed by atoms with van der Waals surface area (Å²) in [5, 5.41) is 11.7. The van der Waals surface area contributed by atoms with Crippen molar-refractivity contribution in [1.82, 2.24) is 10.2 Å². The Labute approximate surface area is 115 Å². The minimum Gasteiger partial charge on any atom is -0.480 e. The van der Waals surface area contributed by atoms with Crippen LogP contribution in [-0.2, 0) is 4.79 Å². The maximum absolute atomic E-state index is 12.0. The number of hydrogen-bond donors (Lipinski definition) is 2. The molecule has 5 nitrogen and oxygen atoms in total. The third-order valence-corrected chi connectivity index (χ3v) is 3.77. The molecule has 1 aliphatic heterocycles. The highest BCUT2D eigenvalue weighted by atomic mass is 16.4. The quantitative estimate of drug-likeness (QED) is 0.779. The Bertz CT molecular complexity index is 299. The molecule has 2 amide bonds. The standard InChI is InChI=1S/C14H26N2O3/c1-3-5-11-7-9-16(10-8-11)14(19)15-12(6-4-2)13(17)18/h11-12H,3-10H2,1-2H3,(H,15,19)(H,17,18)/t12-/m0/s1. The van der Waals surface area contributed by atoms with E-state index in [0.29, 0.717) is 6.42 Å². The van der Waals surface area contributed by atoms with Crippen LogP contribution in [0, 0.1) is 5.92 Å². The summed E-state index contributed by atoms with van der Waals surface area (Å²) < 4.78 is 0. The first-order valence-corrected chi connectivity index (χ1v) is 7.36. The Morgan fingerprint density at radius 2 is 1.89 bits per heavy atom. The van der Waals surface area contributed by atoms with Crippen molar-refractivity contribution in [1.29, 1.82) is 0 Å². The van der Waals surface area contributed by atoms with Gasteiger partial charge in [0, 0.05) is 13.1 Å². The number of hydrogen-bond acceptors (Lipinski definition) is 2. The molecule has 19 heavy (non-hydrogen) atoms. The number of carbonyl (C=O) groups is 2. The second-order valence-electron chi connectivity index (χ2n) is 5.35. The normalized spacial score (nSPS) is 18.1. The first kappa shape index (κ1) is 15.8. The fourth-order valence-corrected chi connectivity index (χ4v) is 2.62. The van der Waals surface area contributed by atoms with Gasteiger partial charge in [-0.05, 0) is 25.2 Å². The molecule has 2 N–H and O–H groups in total. The fourth-order valence-electron chi connectivity index (χ4n) is 2.62. The van der Waals surface area contributed by atoms with Crippen molar-refractivity contribution in [2.75, 3.05) is 13.1 Å². The smallest absolute Gasteiger partial charge is 0.326 e. The number of aliphatic carboxylic acids is 1. The molecule has 0 bridgehead atoms. The summed E-state index contributed by atoms with van der Waals surface area (Å²) in [5.74, 6) is -0.226. The molecule has 1 fully saturated rings. The van der Waals surface area contributed by atoms with Crippen LogP contribution in [0.25, 0.3) is 0 Å². The molecule has 0 aromatic rings. The molecule has 1 heterocycles. The molecule has 1 rings (SSSR count). The summed E-state index contributed by atoms with van der Waals surface area (Å²) in [6.07, 6.45) is 5.71. The monoisotopic (exact) mass is 270 g/mol. The molecule has 0 saturated carbocycles. The predicted octanol–water partition coefficient (Wildman–Crippen LogP) is 2.46. The van der Waals surface area contributed by atoms with Crippen molar-refractivity contribution in [2.24, 2.45) is 5.92 Å². The zero-order valence-electron chi connectivity index (χ0n) is 12.0. The summed E-state index contributed by atoms with van der Waals surface area (Å²) in [5.41, 5.74) is 0. The maximum Gasteiger partial charge on any atom is 0.326 e. The zero-order chi connectivity index (χ0) is 14.3. The molecule has 5 heteroatoms. The van der Waals surface area contributed by atoms with E-state index < -0.39 is 12.0 Å². The first-order valence-electron chi connectivity index (χ1n) is 7.36. The van der Waals surface area contributed by atoms with Gasteiger partial charge in [-0.1, -0.05) is 33.1 Å². The van der Waals surface area contributed by atoms with Crippen LogP contribution in [0.1, 0.15) is 52.4 Å². The van der Waals surface area contributed by atoms with Gasteiger partial charge in [0.15, 0.2) is 0 Å². The van der Waals surface area contributed by atoms with Gasteiger partial charge in [-0.15, -0.1) is 0 Å². The van der Waals surface area contributed by atoms with E-state index in [1.807, 2.05) is 6.92 Å². The van der Waals surface area contributed by atoms with Crippen LogP contribution in [-0.4, -0.2) is 41.1 Å². The lowest BCUT2D eigenvalue weighted by Gasteiger charge is -2.32. The molecule has 0 aromatic heterocycles. The van der Waals surface area contributed by atoms with Crippen LogP contribution in [0.2, 0.25) is 0 Å². The number of carboxylic acid groups (broad SMARTS) is 1. The summed E-state index contributed by atoms with van der Waals surface area (Å²) >= 11 is 0. The van der Waals surface area contributed by atoms with E-state index in [0.717, 1.165) is 38.3 Å². The second kappa shape index (κ2) is 8.02. The highest BCUT2D eigenvalue weighted by Crippen LogP contribution is 2.21. The summed E-state index contributed by atoms with van der Waals surface area (Å²) in [4.78, 5) is 24.8. The highest BCUT2D eigenvalue weighted by Gasteiger charge is 2.25. The van der Waals surface area contributed by atoms with Crippen LogP contribution < -0.4 is 5.32 Å². The number of piperidine rings is 1. The number of rotatable bonds is 6. The molecule has 0 spiro atoms. The Balaban J connectivity index is 2.39. The van der Waals surface area contributed by atoms with E-state index in [1.165, 1.54) is 12.8 Å². The van der Waals surface area contributed by atoms with E-state index in [4.69, 9.17) is 5.11 Å². The van der Waals surface area contributed by atoms with Gasteiger partial charge >= 0.3 is 12.0 Å². The molecule has 110 valence electrons. The predicted molar refractivity (Wildman–Crippen MR) is 74.1 cm³/mol. The van der Waals surface area contributed by atoms with Crippen molar-refractivity contribution >= 4 is 12.0 Å². The number of likely N-dealkylation sites (tertiary alicyclic amines) is 1. The molecule has 0 radical (unpaired) electrons. The van der Waals surface area contributed by atoms with Gasteiger partial charge in [0.2, 0.25) is 0 Å². The van der Waals surface area contributed by atoms with Gasteiger partial charge in [0.25, 0.3) is 0 Å². The molecule has 1 atom stereocenters. The highest BCUT2D eigenvalue weighted by molar-refractivity contribution is 5.82. The number of carboxylic acids is 1. The summed E-state index contributed by atoms with van der Waals surface area (Å²) in [6, 6.07) is -0.985. The average Bonchev–Trinajstić information content (AvgIpc) is 2.39. The van der Waals surface area contributed by atoms with E-state index in [-0.39, 0.29) is 6.03 Å². The van der Waals surface area contributed by atoms with Crippen molar-refractivity contribution in [3.8, 4) is 0 Å². The second-order valence-corrected chi connectivity index (χ2v) is 5.35. The molecular formula is C14H26N2O3.